The second-order valence-electron chi connectivity index (χ2n) is 9.28. The average molecular weight is 556 g/mol. The number of aromatic nitrogens is 1. The van der Waals surface area contributed by atoms with Gasteiger partial charge >= 0.3 is 12.1 Å². The van der Waals surface area contributed by atoms with Crippen molar-refractivity contribution < 1.29 is 27.8 Å². The highest BCUT2D eigenvalue weighted by molar-refractivity contribution is 8.00. The lowest BCUT2D eigenvalue weighted by molar-refractivity contribution is -0.139. The van der Waals surface area contributed by atoms with E-state index < -0.39 is 24.3 Å². The van der Waals surface area contributed by atoms with E-state index in [1.165, 1.54) is 29.0 Å². The van der Waals surface area contributed by atoms with Crippen LogP contribution in [0.1, 0.15) is 39.6 Å². The summed E-state index contributed by atoms with van der Waals surface area (Å²) in [4.78, 5) is 17.8. The van der Waals surface area contributed by atoms with Gasteiger partial charge in [-0.3, -0.25) is 0 Å². The van der Waals surface area contributed by atoms with Crippen LogP contribution in [0.5, 0.6) is 5.75 Å². The maximum atomic E-state index is 13.0. The number of aryl methyl sites for hydroxylation is 2. The maximum Gasteiger partial charge on any atom is 0.416 e. The molecular formula is C29H24F3NO3S2. The fourth-order valence-electron chi connectivity index (χ4n) is 4.64. The van der Waals surface area contributed by atoms with Crippen LogP contribution in [0.2, 0.25) is 0 Å². The van der Waals surface area contributed by atoms with Gasteiger partial charge in [0, 0.05) is 21.3 Å². The lowest BCUT2D eigenvalue weighted by Gasteiger charge is -2.18. The number of ether oxygens (including phenoxy) is 1. The lowest BCUT2D eigenvalue weighted by atomic mass is 10.1. The summed E-state index contributed by atoms with van der Waals surface area (Å²) >= 11 is 3.27. The van der Waals surface area contributed by atoms with Gasteiger partial charge in [-0.1, -0.05) is 42.5 Å². The minimum atomic E-state index is -4.38. The number of thiazole rings is 1. The van der Waals surface area contributed by atoms with E-state index >= 15 is 0 Å². The zero-order valence-electron chi connectivity index (χ0n) is 20.6. The number of nitrogens with zero attached hydrogens (tertiary/aromatic N) is 1. The molecule has 0 spiro atoms. The van der Waals surface area contributed by atoms with E-state index in [-0.39, 0.29) is 10.7 Å². The fourth-order valence-corrected chi connectivity index (χ4v) is 7.67. The van der Waals surface area contributed by atoms with Crippen molar-refractivity contribution in [2.45, 2.75) is 42.0 Å². The van der Waals surface area contributed by atoms with E-state index in [4.69, 9.17) is 14.8 Å². The van der Waals surface area contributed by atoms with Gasteiger partial charge in [0.2, 0.25) is 0 Å². The first kappa shape index (κ1) is 26.3. The molecule has 0 saturated heterocycles. The van der Waals surface area contributed by atoms with Crippen molar-refractivity contribution in [3.63, 3.8) is 0 Å². The summed E-state index contributed by atoms with van der Waals surface area (Å²) in [5, 5.41) is 9.61. The smallest absolute Gasteiger partial charge is 0.416 e. The molecule has 1 fully saturated rings. The number of aliphatic carboxylic acids is 1. The molecule has 4 nitrogen and oxygen atoms in total. The van der Waals surface area contributed by atoms with Crippen molar-refractivity contribution in [1.29, 1.82) is 0 Å². The Balaban J connectivity index is 1.49. The number of carboxylic acids is 1. The molecule has 1 unspecified atom stereocenters. The largest absolute Gasteiger partial charge is 0.482 e. The number of benzene rings is 3. The summed E-state index contributed by atoms with van der Waals surface area (Å²) < 4.78 is 44.3. The summed E-state index contributed by atoms with van der Waals surface area (Å²) in [6, 6.07) is 21.1. The first-order chi connectivity index (χ1) is 18.1. The monoisotopic (exact) mass is 555 g/mol. The van der Waals surface area contributed by atoms with Gasteiger partial charge in [-0.2, -0.15) is 13.2 Å². The summed E-state index contributed by atoms with van der Waals surface area (Å²) in [6.45, 7) is 3.44. The van der Waals surface area contributed by atoms with Gasteiger partial charge < -0.3 is 9.84 Å². The minimum Gasteiger partial charge on any atom is -0.482 e. The number of carbonyl (C=O) groups is 1. The number of alkyl halides is 3. The highest BCUT2D eigenvalue weighted by Gasteiger charge is 2.58. The summed E-state index contributed by atoms with van der Waals surface area (Å²) in [5.74, 6) is -0.258. The van der Waals surface area contributed by atoms with E-state index in [0.29, 0.717) is 16.3 Å². The van der Waals surface area contributed by atoms with Crippen molar-refractivity contribution in [1.82, 2.24) is 4.98 Å². The van der Waals surface area contributed by atoms with Gasteiger partial charge in [0.25, 0.3) is 0 Å². The summed E-state index contributed by atoms with van der Waals surface area (Å²) in [5.41, 5.74) is 2.91. The maximum absolute atomic E-state index is 13.0. The Hall–Kier alpha value is -3.30. The molecule has 196 valence electrons. The van der Waals surface area contributed by atoms with Gasteiger partial charge in [0.1, 0.15) is 10.8 Å². The molecule has 2 atom stereocenters. The molecule has 0 aliphatic heterocycles. The molecule has 3 aromatic carbocycles. The quantitative estimate of drug-likeness (QED) is 0.238. The van der Waals surface area contributed by atoms with Crippen LogP contribution >= 0.6 is 23.1 Å². The van der Waals surface area contributed by atoms with Crippen molar-refractivity contribution in [2.75, 3.05) is 6.61 Å². The average Bonchev–Trinajstić information content (AvgIpc) is 3.46. The Morgan fingerprint density at radius 2 is 1.82 bits per heavy atom. The Kier molecular flexibility index (Phi) is 7.00. The number of carboxylic acid groups (broad SMARTS) is 1. The molecule has 9 heteroatoms. The third-order valence-electron chi connectivity index (χ3n) is 6.55. The zero-order chi connectivity index (χ0) is 27.1. The molecule has 1 aliphatic rings. The van der Waals surface area contributed by atoms with Gasteiger partial charge in [-0.25, -0.2) is 9.78 Å². The Bertz CT molecular complexity index is 1470. The molecule has 1 N–H and O–H groups in total. The van der Waals surface area contributed by atoms with E-state index in [1.54, 1.807) is 17.8 Å². The molecule has 1 heterocycles. The van der Waals surface area contributed by atoms with Crippen LogP contribution in [0.4, 0.5) is 13.2 Å². The van der Waals surface area contributed by atoms with Crippen molar-refractivity contribution in [3.05, 3.63) is 100 Å². The lowest BCUT2D eigenvalue weighted by Crippen LogP contribution is -2.10. The molecule has 0 amide bonds. The minimum absolute atomic E-state index is 0.247. The molecule has 0 bridgehead atoms. The van der Waals surface area contributed by atoms with Crippen LogP contribution in [0.15, 0.2) is 77.7 Å². The molecule has 1 aliphatic carbocycles. The van der Waals surface area contributed by atoms with Crippen LogP contribution in [-0.2, 0) is 15.7 Å². The standard InChI is InChI=1S/C29H24F3NO3S2/c1-17-14-22(12-13-24(17)36-16-25(34)35)38-28(15-23(28)19-6-4-3-5-7-19)26-18(2)33-27(37-26)20-8-10-21(11-9-20)29(30,31)32/h3-14,23H,15-16H2,1-2H3,(H,34,35)/t23-,28?/m0/s1. The van der Waals surface area contributed by atoms with Crippen LogP contribution < -0.4 is 4.74 Å². The first-order valence-corrected chi connectivity index (χ1v) is 13.5. The molecular weight excluding hydrogens is 531 g/mol. The second-order valence-corrected chi connectivity index (χ2v) is 11.7. The Morgan fingerprint density at radius 1 is 1.11 bits per heavy atom. The van der Waals surface area contributed by atoms with Crippen LogP contribution in [0.3, 0.4) is 0 Å². The van der Waals surface area contributed by atoms with Gasteiger partial charge in [0.15, 0.2) is 6.61 Å². The van der Waals surface area contributed by atoms with E-state index in [2.05, 4.69) is 12.1 Å². The number of rotatable bonds is 8. The van der Waals surface area contributed by atoms with Crippen molar-refractivity contribution in [2.24, 2.45) is 0 Å². The van der Waals surface area contributed by atoms with Crippen LogP contribution in [0.25, 0.3) is 10.6 Å². The zero-order valence-corrected chi connectivity index (χ0v) is 22.2. The topological polar surface area (TPSA) is 59.4 Å². The summed E-state index contributed by atoms with van der Waals surface area (Å²) in [7, 11) is 0. The first-order valence-electron chi connectivity index (χ1n) is 11.9. The SMILES string of the molecule is Cc1cc(SC2(c3sc(-c4ccc(C(F)(F)F)cc4)nc3C)C[C@H]2c2ccccc2)ccc1OCC(=O)O. The van der Waals surface area contributed by atoms with Gasteiger partial charge in [0.05, 0.1) is 16.0 Å². The number of thioether (sulfide) groups is 1. The third-order valence-corrected chi connectivity index (χ3v) is 9.57. The highest BCUT2D eigenvalue weighted by atomic mass is 32.2. The van der Waals surface area contributed by atoms with E-state index in [1.807, 2.05) is 44.2 Å². The van der Waals surface area contributed by atoms with Crippen molar-refractivity contribution >= 4 is 29.1 Å². The van der Waals surface area contributed by atoms with Crippen LogP contribution in [0, 0.1) is 13.8 Å². The molecule has 38 heavy (non-hydrogen) atoms. The molecule has 1 aromatic heterocycles. The summed E-state index contributed by atoms with van der Waals surface area (Å²) in [6.07, 6.45) is -3.49. The van der Waals surface area contributed by atoms with Gasteiger partial charge in [-0.15, -0.1) is 23.1 Å². The number of halogens is 3. The third kappa shape index (κ3) is 5.31. The Labute approximate surface area is 226 Å². The number of hydrogen-bond acceptors (Lipinski definition) is 5. The molecule has 4 aromatic rings. The Morgan fingerprint density at radius 3 is 2.45 bits per heavy atom. The van der Waals surface area contributed by atoms with Crippen molar-refractivity contribution in [3.8, 4) is 16.3 Å². The number of hydrogen-bond donors (Lipinski definition) is 1. The highest BCUT2D eigenvalue weighted by Crippen LogP contribution is 2.70. The predicted octanol–water partition coefficient (Wildman–Crippen LogP) is 8.08. The molecule has 1 saturated carbocycles. The van der Waals surface area contributed by atoms with E-state index in [9.17, 15) is 18.0 Å². The fraction of sp³-hybridized carbons (Fsp3) is 0.241. The second kappa shape index (κ2) is 10.1. The van der Waals surface area contributed by atoms with Crippen LogP contribution in [-0.4, -0.2) is 22.7 Å². The predicted molar refractivity (Wildman–Crippen MR) is 143 cm³/mol. The molecule has 5 rings (SSSR count). The normalized spacial score (nSPS) is 18.8. The molecule has 0 radical (unpaired) electrons. The van der Waals surface area contributed by atoms with Gasteiger partial charge in [-0.05, 0) is 61.7 Å². The van der Waals surface area contributed by atoms with E-state index in [0.717, 1.165) is 39.6 Å².